The Bertz CT molecular complexity index is 956. The van der Waals surface area contributed by atoms with Gasteiger partial charge in [-0.15, -0.1) is 0 Å². The first kappa shape index (κ1) is 16.3. The van der Waals surface area contributed by atoms with E-state index in [-0.39, 0.29) is 11.8 Å². The summed E-state index contributed by atoms with van der Waals surface area (Å²) in [5.74, 6) is -0.587. The molecular formula is C20H18N2O4. The average molecular weight is 350 g/mol. The van der Waals surface area contributed by atoms with E-state index >= 15 is 0 Å². The van der Waals surface area contributed by atoms with Crippen molar-refractivity contribution in [2.24, 2.45) is 5.92 Å². The summed E-state index contributed by atoms with van der Waals surface area (Å²) in [6.07, 6.45) is 0.984. The number of amides is 1. The molecule has 26 heavy (non-hydrogen) atoms. The van der Waals surface area contributed by atoms with Gasteiger partial charge < -0.3 is 14.5 Å². The summed E-state index contributed by atoms with van der Waals surface area (Å²) in [6, 6.07) is 15.0. The molecule has 6 heteroatoms. The third-order valence-electron chi connectivity index (χ3n) is 4.89. The molecular weight excluding hydrogens is 332 g/mol. The second-order valence-electron chi connectivity index (χ2n) is 6.51. The highest BCUT2D eigenvalue weighted by atomic mass is 16.5. The molecule has 1 saturated heterocycles. The molecule has 2 heterocycles. The van der Waals surface area contributed by atoms with E-state index in [1.54, 1.807) is 23.1 Å². The standard InChI is InChI=1S/C20H18N2O4/c23-19(22-10-8-14(9-11-22)20(24)25)15-6-7-17-16(12-15)18(26-21-17)13-4-2-1-3-5-13/h1-7,12,14H,8-11H2,(H,24,25). The van der Waals surface area contributed by atoms with Gasteiger partial charge in [0.05, 0.1) is 11.3 Å². The van der Waals surface area contributed by atoms with Crippen LogP contribution >= 0.6 is 0 Å². The van der Waals surface area contributed by atoms with E-state index in [1.807, 2.05) is 30.3 Å². The van der Waals surface area contributed by atoms with Crippen LogP contribution in [-0.4, -0.2) is 40.1 Å². The molecule has 1 fully saturated rings. The van der Waals surface area contributed by atoms with Gasteiger partial charge in [0.15, 0.2) is 5.76 Å². The summed E-state index contributed by atoms with van der Waals surface area (Å²) in [4.78, 5) is 25.6. The third-order valence-corrected chi connectivity index (χ3v) is 4.89. The van der Waals surface area contributed by atoms with Crippen molar-refractivity contribution < 1.29 is 19.2 Å². The number of rotatable bonds is 3. The molecule has 0 aliphatic carbocycles. The summed E-state index contributed by atoms with van der Waals surface area (Å²) in [7, 11) is 0. The molecule has 1 aliphatic rings. The van der Waals surface area contributed by atoms with E-state index in [0.717, 1.165) is 10.9 Å². The van der Waals surface area contributed by atoms with Crippen molar-refractivity contribution in [2.45, 2.75) is 12.8 Å². The Balaban J connectivity index is 1.61. The van der Waals surface area contributed by atoms with Crippen molar-refractivity contribution in [3.05, 3.63) is 54.1 Å². The van der Waals surface area contributed by atoms with Crippen LogP contribution in [0.5, 0.6) is 0 Å². The summed E-state index contributed by atoms with van der Waals surface area (Å²) < 4.78 is 5.48. The highest BCUT2D eigenvalue weighted by Gasteiger charge is 2.27. The quantitative estimate of drug-likeness (QED) is 0.782. The number of carboxylic acid groups (broad SMARTS) is 1. The average Bonchev–Trinajstić information content (AvgIpc) is 3.11. The molecule has 0 spiro atoms. The Morgan fingerprint density at radius 1 is 1.08 bits per heavy atom. The first-order chi connectivity index (χ1) is 12.6. The number of fused-ring (bicyclic) bond motifs is 1. The van der Waals surface area contributed by atoms with Crippen molar-refractivity contribution in [3.8, 4) is 11.3 Å². The van der Waals surface area contributed by atoms with Crippen molar-refractivity contribution in [2.75, 3.05) is 13.1 Å². The van der Waals surface area contributed by atoms with Crippen molar-refractivity contribution >= 4 is 22.8 Å². The maximum Gasteiger partial charge on any atom is 0.306 e. The fourth-order valence-corrected chi connectivity index (χ4v) is 3.38. The number of nitrogens with zero attached hydrogens (tertiary/aromatic N) is 2. The van der Waals surface area contributed by atoms with Gasteiger partial charge in [0, 0.05) is 24.2 Å². The van der Waals surface area contributed by atoms with Gasteiger partial charge in [0.25, 0.3) is 5.91 Å². The molecule has 132 valence electrons. The minimum atomic E-state index is -0.782. The van der Waals surface area contributed by atoms with Crippen LogP contribution in [0.4, 0.5) is 0 Å². The summed E-state index contributed by atoms with van der Waals surface area (Å²) >= 11 is 0. The van der Waals surface area contributed by atoms with Crippen LogP contribution in [0.2, 0.25) is 0 Å². The highest BCUT2D eigenvalue weighted by Crippen LogP contribution is 2.30. The fraction of sp³-hybridized carbons (Fsp3) is 0.250. The number of aromatic nitrogens is 1. The molecule has 4 rings (SSSR count). The normalized spacial score (nSPS) is 15.3. The van der Waals surface area contributed by atoms with Crippen LogP contribution in [0.1, 0.15) is 23.2 Å². The number of benzene rings is 2. The summed E-state index contributed by atoms with van der Waals surface area (Å²) in [5.41, 5.74) is 2.17. The van der Waals surface area contributed by atoms with Gasteiger partial charge in [-0.2, -0.15) is 0 Å². The monoisotopic (exact) mass is 350 g/mol. The lowest BCUT2D eigenvalue weighted by atomic mass is 9.96. The van der Waals surface area contributed by atoms with Gasteiger partial charge in [-0.3, -0.25) is 9.59 Å². The van der Waals surface area contributed by atoms with E-state index in [2.05, 4.69) is 5.16 Å². The Morgan fingerprint density at radius 2 is 1.81 bits per heavy atom. The van der Waals surface area contributed by atoms with Crippen molar-refractivity contribution in [1.29, 1.82) is 0 Å². The number of aliphatic carboxylic acids is 1. The molecule has 2 aromatic carbocycles. The molecule has 3 aromatic rings. The highest BCUT2D eigenvalue weighted by molar-refractivity contribution is 6.01. The Hall–Kier alpha value is -3.15. The van der Waals surface area contributed by atoms with Gasteiger partial charge in [-0.05, 0) is 31.0 Å². The Morgan fingerprint density at radius 3 is 2.50 bits per heavy atom. The molecule has 0 unspecified atom stereocenters. The number of likely N-dealkylation sites (tertiary alicyclic amines) is 1. The molecule has 0 bridgehead atoms. The number of hydrogen-bond acceptors (Lipinski definition) is 4. The van der Waals surface area contributed by atoms with E-state index in [0.29, 0.717) is 42.8 Å². The van der Waals surface area contributed by atoms with E-state index in [9.17, 15) is 9.59 Å². The number of carbonyl (C=O) groups excluding carboxylic acids is 1. The van der Waals surface area contributed by atoms with Crippen LogP contribution < -0.4 is 0 Å². The summed E-state index contributed by atoms with van der Waals surface area (Å²) in [5, 5.41) is 14.0. The second kappa shape index (κ2) is 6.63. The molecule has 1 amide bonds. The predicted molar refractivity (Wildman–Crippen MR) is 95.7 cm³/mol. The molecule has 0 radical (unpaired) electrons. The number of piperidine rings is 1. The van der Waals surface area contributed by atoms with Crippen molar-refractivity contribution in [1.82, 2.24) is 10.1 Å². The van der Waals surface area contributed by atoms with Crippen LogP contribution in [-0.2, 0) is 4.79 Å². The van der Waals surface area contributed by atoms with E-state index in [4.69, 9.17) is 9.63 Å². The number of carbonyl (C=O) groups is 2. The maximum atomic E-state index is 12.8. The zero-order valence-corrected chi connectivity index (χ0v) is 14.1. The van der Waals surface area contributed by atoms with Gasteiger partial charge in [-0.1, -0.05) is 35.5 Å². The molecule has 0 saturated carbocycles. The van der Waals surface area contributed by atoms with Gasteiger partial charge >= 0.3 is 5.97 Å². The first-order valence-electron chi connectivity index (χ1n) is 8.60. The lowest BCUT2D eigenvalue weighted by Crippen LogP contribution is -2.40. The Kier molecular flexibility index (Phi) is 4.16. The number of hydrogen-bond donors (Lipinski definition) is 1. The van der Waals surface area contributed by atoms with Crippen LogP contribution in [0.3, 0.4) is 0 Å². The smallest absolute Gasteiger partial charge is 0.306 e. The predicted octanol–water partition coefficient (Wildman–Crippen LogP) is 3.43. The van der Waals surface area contributed by atoms with Crippen molar-refractivity contribution in [3.63, 3.8) is 0 Å². The SMILES string of the molecule is O=C(O)C1CCN(C(=O)c2ccc3noc(-c4ccccc4)c3c2)CC1. The van der Waals surface area contributed by atoms with Crippen LogP contribution in [0.25, 0.3) is 22.2 Å². The fourth-order valence-electron chi connectivity index (χ4n) is 3.38. The molecule has 1 aromatic heterocycles. The molecule has 1 aliphatic heterocycles. The van der Waals surface area contributed by atoms with E-state index < -0.39 is 5.97 Å². The lowest BCUT2D eigenvalue weighted by molar-refractivity contribution is -0.143. The van der Waals surface area contributed by atoms with Crippen LogP contribution in [0, 0.1) is 5.92 Å². The zero-order chi connectivity index (χ0) is 18.1. The Labute approximate surface area is 150 Å². The maximum absolute atomic E-state index is 12.8. The first-order valence-corrected chi connectivity index (χ1v) is 8.60. The topological polar surface area (TPSA) is 83.6 Å². The van der Waals surface area contributed by atoms with E-state index in [1.165, 1.54) is 0 Å². The largest absolute Gasteiger partial charge is 0.481 e. The number of carboxylic acids is 1. The van der Waals surface area contributed by atoms with Crippen LogP contribution in [0.15, 0.2) is 53.1 Å². The molecule has 1 N–H and O–H groups in total. The van der Waals surface area contributed by atoms with Gasteiger partial charge in [0.2, 0.25) is 0 Å². The summed E-state index contributed by atoms with van der Waals surface area (Å²) in [6.45, 7) is 0.923. The molecule has 0 atom stereocenters. The third kappa shape index (κ3) is 2.94. The second-order valence-corrected chi connectivity index (χ2v) is 6.51. The minimum Gasteiger partial charge on any atom is -0.481 e. The van der Waals surface area contributed by atoms with Gasteiger partial charge in [-0.25, -0.2) is 0 Å². The zero-order valence-electron chi connectivity index (χ0n) is 14.1. The minimum absolute atomic E-state index is 0.0871. The molecule has 6 nitrogen and oxygen atoms in total. The lowest BCUT2D eigenvalue weighted by Gasteiger charge is -2.30. The van der Waals surface area contributed by atoms with Gasteiger partial charge in [0.1, 0.15) is 5.52 Å².